The van der Waals surface area contributed by atoms with Crippen molar-refractivity contribution < 1.29 is 9.53 Å². The molecule has 0 spiro atoms. The number of para-hydroxylation sites is 1. The van der Waals surface area contributed by atoms with Gasteiger partial charge in [-0.15, -0.1) is 0 Å². The maximum Gasteiger partial charge on any atom is 0.230 e. The van der Waals surface area contributed by atoms with E-state index in [9.17, 15) is 4.79 Å². The van der Waals surface area contributed by atoms with Crippen LogP contribution in [0.1, 0.15) is 57.6 Å². The van der Waals surface area contributed by atoms with Crippen molar-refractivity contribution in [3.8, 4) is 5.75 Å². The first kappa shape index (κ1) is 19.5. The van der Waals surface area contributed by atoms with Crippen molar-refractivity contribution >= 4 is 5.91 Å². The Kier molecular flexibility index (Phi) is 5.88. The predicted octanol–water partition coefficient (Wildman–Crippen LogP) is 4.99. The average molecular weight is 366 g/mol. The van der Waals surface area contributed by atoms with Crippen LogP contribution in [0.25, 0.3) is 0 Å². The molecular formula is C24H31NO2. The molecule has 3 heteroatoms. The van der Waals surface area contributed by atoms with Crippen molar-refractivity contribution in [2.45, 2.75) is 57.3 Å². The number of hydrogen-bond donors (Lipinski definition) is 1. The molecule has 1 N–H and O–H groups in total. The van der Waals surface area contributed by atoms with E-state index in [1.807, 2.05) is 36.4 Å². The van der Waals surface area contributed by atoms with E-state index in [0.29, 0.717) is 13.2 Å². The second-order valence-electron chi connectivity index (χ2n) is 8.51. The first-order chi connectivity index (χ1) is 12.9. The predicted molar refractivity (Wildman–Crippen MR) is 110 cm³/mol. The molecule has 0 aliphatic heterocycles. The zero-order valence-corrected chi connectivity index (χ0v) is 16.8. The minimum absolute atomic E-state index is 0.0288. The molecule has 1 aliphatic rings. The number of carbonyl (C=O) groups excluding carboxylic acids is 1. The second-order valence-corrected chi connectivity index (χ2v) is 8.51. The fourth-order valence-corrected chi connectivity index (χ4v) is 4.09. The molecule has 1 aliphatic carbocycles. The van der Waals surface area contributed by atoms with E-state index in [1.54, 1.807) is 0 Å². The lowest BCUT2D eigenvalue weighted by molar-refractivity contribution is -0.126. The van der Waals surface area contributed by atoms with Crippen LogP contribution in [-0.4, -0.2) is 19.1 Å². The van der Waals surface area contributed by atoms with Crippen LogP contribution in [0, 0.1) is 0 Å². The summed E-state index contributed by atoms with van der Waals surface area (Å²) < 4.78 is 6.00. The van der Waals surface area contributed by atoms with Crippen molar-refractivity contribution in [1.29, 1.82) is 0 Å². The summed E-state index contributed by atoms with van der Waals surface area (Å²) in [5, 5.41) is 3.13. The molecule has 0 unspecified atom stereocenters. The van der Waals surface area contributed by atoms with Crippen molar-refractivity contribution in [2.24, 2.45) is 0 Å². The lowest BCUT2D eigenvalue weighted by Gasteiger charge is -2.28. The van der Waals surface area contributed by atoms with Gasteiger partial charge in [0.05, 0.1) is 12.0 Å². The van der Waals surface area contributed by atoms with E-state index >= 15 is 0 Å². The monoisotopic (exact) mass is 365 g/mol. The van der Waals surface area contributed by atoms with Gasteiger partial charge in [-0.25, -0.2) is 0 Å². The van der Waals surface area contributed by atoms with Gasteiger partial charge in [-0.2, -0.15) is 0 Å². The summed E-state index contributed by atoms with van der Waals surface area (Å²) in [6.07, 6.45) is 4.07. The van der Waals surface area contributed by atoms with Gasteiger partial charge < -0.3 is 10.1 Å². The summed E-state index contributed by atoms with van der Waals surface area (Å²) in [5.41, 5.74) is 1.98. The highest BCUT2D eigenvalue weighted by atomic mass is 16.5. The molecule has 2 aromatic rings. The summed E-state index contributed by atoms with van der Waals surface area (Å²) >= 11 is 0. The standard InChI is InChI=1S/C24H31NO2/c1-23(2,3)20-13-7-8-14-21(20)27-18-17-25-22(26)24(15-9-10-16-24)19-11-5-4-6-12-19/h4-8,11-14H,9-10,15-18H2,1-3H3,(H,25,26). The molecule has 1 fully saturated rings. The van der Waals surface area contributed by atoms with Gasteiger partial charge in [0.25, 0.3) is 0 Å². The quantitative estimate of drug-likeness (QED) is 0.732. The highest BCUT2D eigenvalue weighted by Gasteiger charge is 2.42. The van der Waals surface area contributed by atoms with Crippen LogP contribution in [0.5, 0.6) is 5.75 Å². The Hall–Kier alpha value is -2.29. The van der Waals surface area contributed by atoms with Gasteiger partial charge in [0.2, 0.25) is 5.91 Å². The molecule has 0 bridgehead atoms. The average Bonchev–Trinajstić information content (AvgIpc) is 3.16. The third-order valence-electron chi connectivity index (χ3n) is 5.56. The third kappa shape index (κ3) is 4.35. The van der Waals surface area contributed by atoms with E-state index in [1.165, 1.54) is 5.56 Å². The Labute approximate surface area is 163 Å². The van der Waals surface area contributed by atoms with Gasteiger partial charge in [-0.05, 0) is 35.4 Å². The Morgan fingerprint density at radius 3 is 2.30 bits per heavy atom. The number of nitrogens with one attached hydrogen (secondary N) is 1. The van der Waals surface area contributed by atoms with Crippen LogP contribution in [0.4, 0.5) is 0 Å². The van der Waals surface area contributed by atoms with E-state index < -0.39 is 0 Å². The number of carbonyl (C=O) groups is 1. The van der Waals surface area contributed by atoms with Crippen molar-refractivity contribution in [2.75, 3.05) is 13.2 Å². The van der Waals surface area contributed by atoms with E-state index in [2.05, 4.69) is 44.3 Å². The SMILES string of the molecule is CC(C)(C)c1ccccc1OCCNC(=O)C1(c2ccccc2)CCCC1. The molecule has 27 heavy (non-hydrogen) atoms. The normalized spacial score (nSPS) is 16.1. The lowest BCUT2D eigenvalue weighted by atomic mass is 9.78. The minimum atomic E-state index is -0.370. The maximum absolute atomic E-state index is 13.0. The molecule has 3 rings (SSSR count). The molecule has 2 aromatic carbocycles. The molecule has 1 saturated carbocycles. The second kappa shape index (κ2) is 8.16. The molecule has 0 radical (unpaired) electrons. The zero-order valence-electron chi connectivity index (χ0n) is 16.8. The molecular weight excluding hydrogens is 334 g/mol. The highest BCUT2D eigenvalue weighted by molar-refractivity contribution is 5.88. The van der Waals surface area contributed by atoms with E-state index in [4.69, 9.17) is 4.74 Å². The van der Waals surface area contributed by atoms with Gasteiger partial charge in [-0.1, -0.05) is 82.1 Å². The zero-order chi connectivity index (χ0) is 19.3. The summed E-state index contributed by atoms with van der Waals surface area (Å²) in [6.45, 7) is 7.54. The first-order valence-electron chi connectivity index (χ1n) is 10.00. The summed E-state index contributed by atoms with van der Waals surface area (Å²) in [5.74, 6) is 1.04. The molecule has 0 heterocycles. The highest BCUT2D eigenvalue weighted by Crippen LogP contribution is 2.41. The summed E-state index contributed by atoms with van der Waals surface area (Å²) in [6, 6.07) is 18.4. The number of rotatable bonds is 6. The molecule has 144 valence electrons. The van der Waals surface area contributed by atoms with Crippen molar-refractivity contribution in [3.63, 3.8) is 0 Å². The Morgan fingerprint density at radius 1 is 1.00 bits per heavy atom. The topological polar surface area (TPSA) is 38.3 Å². The third-order valence-corrected chi connectivity index (χ3v) is 5.56. The Morgan fingerprint density at radius 2 is 1.63 bits per heavy atom. The first-order valence-corrected chi connectivity index (χ1v) is 10.00. The van der Waals surface area contributed by atoms with Crippen LogP contribution in [0.2, 0.25) is 0 Å². The Balaban J connectivity index is 1.60. The van der Waals surface area contributed by atoms with Gasteiger partial charge in [-0.3, -0.25) is 4.79 Å². The number of ether oxygens (including phenoxy) is 1. The van der Waals surface area contributed by atoms with Crippen molar-refractivity contribution in [3.05, 3.63) is 65.7 Å². The number of hydrogen-bond acceptors (Lipinski definition) is 2. The smallest absolute Gasteiger partial charge is 0.230 e. The van der Waals surface area contributed by atoms with Crippen LogP contribution in [0.15, 0.2) is 54.6 Å². The molecule has 3 nitrogen and oxygen atoms in total. The number of amides is 1. The van der Waals surface area contributed by atoms with Gasteiger partial charge in [0.15, 0.2) is 0 Å². The fraction of sp³-hybridized carbons (Fsp3) is 0.458. The lowest BCUT2D eigenvalue weighted by Crippen LogP contribution is -2.44. The number of benzene rings is 2. The molecule has 0 aromatic heterocycles. The minimum Gasteiger partial charge on any atom is -0.491 e. The van der Waals surface area contributed by atoms with Gasteiger partial charge in [0, 0.05) is 0 Å². The van der Waals surface area contributed by atoms with Crippen LogP contribution < -0.4 is 10.1 Å². The largest absolute Gasteiger partial charge is 0.491 e. The van der Waals surface area contributed by atoms with E-state index in [-0.39, 0.29) is 16.7 Å². The summed E-state index contributed by atoms with van der Waals surface area (Å²) in [7, 11) is 0. The molecule has 0 atom stereocenters. The van der Waals surface area contributed by atoms with Crippen LogP contribution in [0.3, 0.4) is 0 Å². The summed E-state index contributed by atoms with van der Waals surface area (Å²) in [4.78, 5) is 13.0. The van der Waals surface area contributed by atoms with Crippen LogP contribution >= 0.6 is 0 Å². The van der Waals surface area contributed by atoms with E-state index in [0.717, 1.165) is 37.0 Å². The maximum atomic E-state index is 13.0. The molecule has 1 amide bonds. The van der Waals surface area contributed by atoms with Crippen LogP contribution in [-0.2, 0) is 15.6 Å². The van der Waals surface area contributed by atoms with Gasteiger partial charge >= 0.3 is 0 Å². The Bertz CT molecular complexity index is 755. The van der Waals surface area contributed by atoms with Gasteiger partial charge in [0.1, 0.15) is 12.4 Å². The fourth-order valence-electron chi connectivity index (χ4n) is 4.09. The molecule has 0 saturated heterocycles. The van der Waals surface area contributed by atoms with Crippen molar-refractivity contribution in [1.82, 2.24) is 5.32 Å².